The van der Waals surface area contributed by atoms with Crippen LogP contribution in [0.5, 0.6) is 0 Å². The summed E-state index contributed by atoms with van der Waals surface area (Å²) < 4.78 is 0.939. The molecule has 0 atom stereocenters. The molecule has 2 N–H and O–H groups in total. The summed E-state index contributed by atoms with van der Waals surface area (Å²) in [6, 6.07) is 5.73. The molecule has 60 valence electrons. The van der Waals surface area contributed by atoms with Crippen molar-refractivity contribution in [2.75, 3.05) is 5.73 Å². The van der Waals surface area contributed by atoms with Crippen LogP contribution in [0.2, 0.25) is 0 Å². The van der Waals surface area contributed by atoms with Gasteiger partial charge in [-0.3, -0.25) is 0 Å². The Bertz CT molecular complexity index is 386. The molecule has 4 heteroatoms. The first-order valence-corrected chi connectivity index (χ1v) is 4.23. The average molecular weight is 224 g/mol. The van der Waals surface area contributed by atoms with Crippen molar-refractivity contribution in [2.45, 2.75) is 0 Å². The maximum absolute atomic E-state index is 5.65. The molecule has 1 aromatic heterocycles. The molecule has 12 heavy (non-hydrogen) atoms. The van der Waals surface area contributed by atoms with Crippen molar-refractivity contribution in [1.82, 2.24) is 9.97 Å². The number of nitrogens with two attached hydrogens (primary N) is 1. The molecular formula is C8H6BrN3. The van der Waals surface area contributed by atoms with E-state index < -0.39 is 0 Å². The summed E-state index contributed by atoms with van der Waals surface area (Å²) in [5, 5.41) is 0.881. The molecular weight excluding hydrogens is 218 g/mol. The molecule has 0 aliphatic heterocycles. The van der Waals surface area contributed by atoms with Crippen LogP contribution in [0.4, 0.5) is 5.82 Å². The zero-order chi connectivity index (χ0) is 8.55. The summed E-state index contributed by atoms with van der Waals surface area (Å²) in [4.78, 5) is 8.00. The van der Waals surface area contributed by atoms with E-state index in [1.807, 2.05) is 18.2 Å². The van der Waals surface area contributed by atoms with Gasteiger partial charge in [0.1, 0.15) is 12.1 Å². The van der Waals surface area contributed by atoms with Crippen LogP contribution in [0.3, 0.4) is 0 Å². The molecule has 0 amide bonds. The summed E-state index contributed by atoms with van der Waals surface area (Å²) in [6.07, 6.45) is 1.46. The summed E-state index contributed by atoms with van der Waals surface area (Å²) in [6.45, 7) is 0. The third-order valence-corrected chi connectivity index (χ3v) is 2.29. The minimum absolute atomic E-state index is 0.515. The van der Waals surface area contributed by atoms with Crippen molar-refractivity contribution in [1.29, 1.82) is 0 Å². The van der Waals surface area contributed by atoms with Crippen LogP contribution >= 0.6 is 15.9 Å². The molecule has 0 fully saturated rings. The van der Waals surface area contributed by atoms with Gasteiger partial charge in [-0.15, -0.1) is 0 Å². The maximum Gasteiger partial charge on any atom is 0.134 e. The number of nitrogens with zero attached hydrogens (tertiary/aromatic N) is 2. The van der Waals surface area contributed by atoms with Gasteiger partial charge in [-0.25, -0.2) is 9.97 Å². The van der Waals surface area contributed by atoms with Gasteiger partial charge in [-0.1, -0.05) is 6.07 Å². The number of nitrogen functional groups attached to an aromatic ring is 1. The highest BCUT2D eigenvalue weighted by Crippen LogP contribution is 2.23. The number of hydrogen-bond donors (Lipinski definition) is 1. The Morgan fingerprint density at radius 1 is 1.25 bits per heavy atom. The number of rotatable bonds is 0. The highest BCUT2D eigenvalue weighted by molar-refractivity contribution is 9.10. The lowest BCUT2D eigenvalue weighted by Gasteiger charge is -2.00. The molecule has 0 saturated heterocycles. The fourth-order valence-electron chi connectivity index (χ4n) is 1.07. The van der Waals surface area contributed by atoms with Crippen molar-refractivity contribution in [2.24, 2.45) is 0 Å². The lowest BCUT2D eigenvalue weighted by molar-refractivity contribution is 1.23. The second kappa shape index (κ2) is 2.71. The lowest BCUT2D eigenvalue weighted by Crippen LogP contribution is -1.92. The minimum Gasteiger partial charge on any atom is -0.383 e. The SMILES string of the molecule is Nc1ncnc2c(Br)cccc12. The third-order valence-electron chi connectivity index (χ3n) is 1.65. The number of hydrogen-bond acceptors (Lipinski definition) is 3. The summed E-state index contributed by atoms with van der Waals surface area (Å²) in [5.74, 6) is 0.515. The van der Waals surface area contributed by atoms with E-state index in [4.69, 9.17) is 5.73 Å². The first-order valence-electron chi connectivity index (χ1n) is 3.44. The molecule has 0 spiro atoms. The summed E-state index contributed by atoms with van der Waals surface area (Å²) in [5.41, 5.74) is 6.50. The largest absolute Gasteiger partial charge is 0.383 e. The standard InChI is InChI=1S/C8H6BrN3/c9-6-3-1-2-5-7(6)11-4-12-8(5)10/h1-4H,(H2,10,11,12). The number of halogens is 1. The topological polar surface area (TPSA) is 51.8 Å². The maximum atomic E-state index is 5.65. The minimum atomic E-state index is 0.515. The molecule has 0 aliphatic carbocycles. The molecule has 2 aromatic rings. The predicted molar refractivity (Wildman–Crippen MR) is 51.7 cm³/mol. The smallest absolute Gasteiger partial charge is 0.134 e. The van der Waals surface area contributed by atoms with E-state index in [0.29, 0.717) is 5.82 Å². The number of fused-ring (bicyclic) bond motifs is 1. The number of aromatic nitrogens is 2. The molecule has 0 aliphatic rings. The lowest BCUT2D eigenvalue weighted by atomic mass is 10.2. The van der Waals surface area contributed by atoms with E-state index in [0.717, 1.165) is 15.4 Å². The van der Waals surface area contributed by atoms with Crippen LogP contribution < -0.4 is 5.73 Å². The van der Waals surface area contributed by atoms with E-state index >= 15 is 0 Å². The average Bonchev–Trinajstić information content (AvgIpc) is 2.07. The van der Waals surface area contributed by atoms with E-state index in [1.54, 1.807) is 0 Å². The first-order chi connectivity index (χ1) is 5.79. The van der Waals surface area contributed by atoms with Crippen molar-refractivity contribution >= 4 is 32.7 Å². The highest BCUT2D eigenvalue weighted by Gasteiger charge is 2.01. The van der Waals surface area contributed by atoms with E-state index in [2.05, 4.69) is 25.9 Å². The van der Waals surface area contributed by atoms with Gasteiger partial charge in [-0.2, -0.15) is 0 Å². The number of anilines is 1. The fourth-order valence-corrected chi connectivity index (χ4v) is 1.54. The second-order valence-corrected chi connectivity index (χ2v) is 3.25. The zero-order valence-corrected chi connectivity index (χ0v) is 7.75. The Morgan fingerprint density at radius 2 is 2.08 bits per heavy atom. The number of benzene rings is 1. The van der Waals surface area contributed by atoms with Gasteiger partial charge >= 0.3 is 0 Å². The van der Waals surface area contributed by atoms with Gasteiger partial charge in [0.25, 0.3) is 0 Å². The van der Waals surface area contributed by atoms with Gasteiger partial charge < -0.3 is 5.73 Å². The van der Waals surface area contributed by atoms with Crippen LogP contribution in [0.1, 0.15) is 0 Å². The predicted octanol–water partition coefficient (Wildman–Crippen LogP) is 1.97. The Kier molecular flexibility index (Phi) is 1.69. The second-order valence-electron chi connectivity index (χ2n) is 2.39. The molecule has 0 saturated carbocycles. The van der Waals surface area contributed by atoms with Gasteiger partial charge in [0.2, 0.25) is 0 Å². The molecule has 3 nitrogen and oxygen atoms in total. The van der Waals surface area contributed by atoms with Gasteiger partial charge in [-0.05, 0) is 28.1 Å². The first kappa shape index (κ1) is 7.49. The summed E-state index contributed by atoms with van der Waals surface area (Å²) in [7, 11) is 0. The highest BCUT2D eigenvalue weighted by atomic mass is 79.9. The molecule has 0 bridgehead atoms. The quantitative estimate of drug-likeness (QED) is 0.744. The fraction of sp³-hybridized carbons (Fsp3) is 0. The van der Waals surface area contributed by atoms with Crippen LogP contribution in [0.15, 0.2) is 29.0 Å². The van der Waals surface area contributed by atoms with Crippen LogP contribution in [-0.4, -0.2) is 9.97 Å². The Morgan fingerprint density at radius 3 is 2.83 bits per heavy atom. The van der Waals surface area contributed by atoms with Crippen molar-refractivity contribution in [3.63, 3.8) is 0 Å². The van der Waals surface area contributed by atoms with Crippen LogP contribution in [0, 0.1) is 0 Å². The van der Waals surface area contributed by atoms with Crippen molar-refractivity contribution in [3.8, 4) is 0 Å². The summed E-state index contributed by atoms with van der Waals surface area (Å²) >= 11 is 3.39. The van der Waals surface area contributed by atoms with E-state index in [-0.39, 0.29) is 0 Å². The molecule has 0 radical (unpaired) electrons. The molecule has 1 aromatic carbocycles. The van der Waals surface area contributed by atoms with Crippen molar-refractivity contribution in [3.05, 3.63) is 29.0 Å². The van der Waals surface area contributed by atoms with E-state index in [1.165, 1.54) is 6.33 Å². The normalized spacial score (nSPS) is 10.4. The number of para-hydroxylation sites is 1. The molecule has 0 unspecified atom stereocenters. The van der Waals surface area contributed by atoms with Gasteiger partial charge in [0.05, 0.1) is 5.52 Å². The zero-order valence-electron chi connectivity index (χ0n) is 6.16. The van der Waals surface area contributed by atoms with Gasteiger partial charge in [0, 0.05) is 9.86 Å². The van der Waals surface area contributed by atoms with Crippen LogP contribution in [0.25, 0.3) is 10.9 Å². The molecule has 1 heterocycles. The Balaban J connectivity index is 2.94. The van der Waals surface area contributed by atoms with Gasteiger partial charge in [0.15, 0.2) is 0 Å². The van der Waals surface area contributed by atoms with Crippen LogP contribution in [-0.2, 0) is 0 Å². The Hall–Kier alpha value is -1.16. The third kappa shape index (κ3) is 1.04. The Labute approximate surface area is 77.8 Å². The monoisotopic (exact) mass is 223 g/mol. The van der Waals surface area contributed by atoms with Crippen molar-refractivity contribution < 1.29 is 0 Å². The van der Waals surface area contributed by atoms with E-state index in [9.17, 15) is 0 Å². The molecule has 2 rings (SSSR count).